The molecular formula is C34H41BrFNO3. The van der Waals surface area contributed by atoms with Gasteiger partial charge in [-0.2, -0.15) is 0 Å². The predicted octanol–water partition coefficient (Wildman–Crippen LogP) is 9.29. The molecule has 1 saturated carbocycles. The Morgan fingerprint density at radius 3 is 2.50 bits per heavy atom. The third-order valence-corrected chi connectivity index (χ3v) is 8.74. The summed E-state index contributed by atoms with van der Waals surface area (Å²) in [5.74, 6) is 1.24. The summed E-state index contributed by atoms with van der Waals surface area (Å²) in [5, 5.41) is 3.56. The molecule has 1 fully saturated rings. The molecule has 6 heteroatoms. The number of rotatable bonds is 10. The Labute approximate surface area is 246 Å². The molecule has 0 aromatic heterocycles. The number of anilines is 1. The summed E-state index contributed by atoms with van der Waals surface area (Å²) < 4.78 is 35.0. The van der Waals surface area contributed by atoms with E-state index in [0.717, 1.165) is 35.9 Å². The van der Waals surface area contributed by atoms with Gasteiger partial charge in [-0.05, 0) is 69.0 Å². The van der Waals surface area contributed by atoms with Gasteiger partial charge < -0.3 is 19.5 Å². The lowest BCUT2D eigenvalue weighted by molar-refractivity contribution is -0.168. The molecule has 4 nitrogen and oxygen atoms in total. The van der Waals surface area contributed by atoms with Crippen molar-refractivity contribution in [1.29, 1.82) is 0 Å². The maximum Gasteiger partial charge on any atom is 0.132 e. The highest BCUT2D eigenvalue weighted by atomic mass is 79.9. The predicted molar refractivity (Wildman–Crippen MR) is 162 cm³/mol. The topological polar surface area (TPSA) is 39.7 Å². The summed E-state index contributed by atoms with van der Waals surface area (Å²) in [6.45, 7) is 7.68. The Bertz CT molecular complexity index is 1270. The molecule has 2 aliphatic rings. The van der Waals surface area contributed by atoms with Crippen molar-refractivity contribution in [1.82, 2.24) is 0 Å². The highest BCUT2D eigenvalue weighted by Gasteiger charge is 2.46. The number of hydrogen-bond donors (Lipinski definition) is 1. The SMILES string of the molecule is Cc1ccc(CNc2ccc3c(c2)C(OCCC2CCCCC2)C(OCc2ccc(Br)cc2F)C(C)(C)O3)cc1. The summed E-state index contributed by atoms with van der Waals surface area (Å²) in [6, 6.07) is 19.8. The summed E-state index contributed by atoms with van der Waals surface area (Å²) in [5.41, 5.74) is 4.29. The van der Waals surface area contributed by atoms with Crippen LogP contribution in [0.4, 0.5) is 10.1 Å². The van der Waals surface area contributed by atoms with Gasteiger partial charge in [-0.1, -0.05) is 83.9 Å². The molecule has 0 saturated heterocycles. The van der Waals surface area contributed by atoms with E-state index in [1.807, 2.05) is 26.0 Å². The van der Waals surface area contributed by atoms with Gasteiger partial charge in [0.05, 0.1) is 6.61 Å². The first-order valence-electron chi connectivity index (χ1n) is 14.6. The Kier molecular flexibility index (Phi) is 9.49. The first-order valence-corrected chi connectivity index (χ1v) is 15.4. The van der Waals surface area contributed by atoms with Crippen molar-refractivity contribution in [3.8, 4) is 5.75 Å². The molecule has 1 aliphatic heterocycles. The van der Waals surface area contributed by atoms with Crippen LogP contribution in [0.15, 0.2) is 65.1 Å². The lowest BCUT2D eigenvalue weighted by atomic mass is 9.86. The fourth-order valence-corrected chi connectivity index (χ4v) is 6.21. The van der Waals surface area contributed by atoms with E-state index in [4.69, 9.17) is 14.2 Å². The van der Waals surface area contributed by atoms with Gasteiger partial charge in [0.1, 0.15) is 29.4 Å². The van der Waals surface area contributed by atoms with Gasteiger partial charge in [0, 0.05) is 34.4 Å². The molecule has 40 heavy (non-hydrogen) atoms. The quantitative estimate of drug-likeness (QED) is 0.248. The van der Waals surface area contributed by atoms with E-state index in [1.54, 1.807) is 6.07 Å². The van der Waals surface area contributed by atoms with Gasteiger partial charge in [0.2, 0.25) is 0 Å². The molecule has 0 radical (unpaired) electrons. The first-order chi connectivity index (χ1) is 19.3. The number of halogens is 2. The lowest BCUT2D eigenvalue weighted by Crippen LogP contribution is -2.51. The van der Waals surface area contributed by atoms with Crippen molar-refractivity contribution in [2.75, 3.05) is 11.9 Å². The van der Waals surface area contributed by atoms with Crippen LogP contribution in [0, 0.1) is 18.7 Å². The van der Waals surface area contributed by atoms with Crippen LogP contribution in [0.25, 0.3) is 0 Å². The summed E-state index contributed by atoms with van der Waals surface area (Å²) >= 11 is 3.34. The maximum absolute atomic E-state index is 14.7. The number of aryl methyl sites for hydroxylation is 1. The highest BCUT2D eigenvalue weighted by molar-refractivity contribution is 9.10. The van der Waals surface area contributed by atoms with E-state index in [-0.39, 0.29) is 18.5 Å². The van der Waals surface area contributed by atoms with Gasteiger partial charge >= 0.3 is 0 Å². The Morgan fingerprint density at radius 1 is 0.975 bits per heavy atom. The largest absolute Gasteiger partial charge is 0.485 e. The van der Waals surface area contributed by atoms with E-state index in [0.29, 0.717) is 16.6 Å². The lowest BCUT2D eigenvalue weighted by Gasteiger charge is -2.44. The van der Waals surface area contributed by atoms with Crippen molar-refractivity contribution in [3.63, 3.8) is 0 Å². The zero-order chi connectivity index (χ0) is 28.1. The number of benzene rings is 3. The van der Waals surface area contributed by atoms with Crippen LogP contribution in [0.1, 0.15) is 80.7 Å². The highest BCUT2D eigenvalue weighted by Crippen LogP contribution is 2.45. The van der Waals surface area contributed by atoms with Crippen molar-refractivity contribution >= 4 is 21.6 Å². The fraction of sp³-hybridized carbons (Fsp3) is 0.471. The second-order valence-electron chi connectivity index (χ2n) is 11.8. The average Bonchev–Trinajstić information content (AvgIpc) is 2.93. The zero-order valence-electron chi connectivity index (χ0n) is 23.9. The molecule has 1 heterocycles. The molecule has 5 rings (SSSR count). The number of hydrogen-bond acceptors (Lipinski definition) is 4. The third kappa shape index (κ3) is 7.26. The third-order valence-electron chi connectivity index (χ3n) is 8.25. The summed E-state index contributed by atoms with van der Waals surface area (Å²) in [6.07, 6.45) is 6.86. The first kappa shape index (κ1) is 29.1. The normalized spacial score (nSPS) is 20.5. The molecule has 0 amide bonds. The Balaban J connectivity index is 1.37. The molecule has 3 aromatic rings. The molecule has 1 aliphatic carbocycles. The van der Waals surface area contributed by atoms with E-state index < -0.39 is 11.7 Å². The fourth-order valence-electron chi connectivity index (χ4n) is 5.87. The standard InChI is InChI=1S/C34H41BrFNO3/c1-23-9-11-25(12-10-23)21-37-28-15-16-31-29(20-28)32(38-18-17-24-7-5-4-6-8-24)33(34(2,3)40-31)39-22-26-13-14-27(35)19-30(26)36/h9-16,19-20,24,32-33,37H,4-8,17-18,21-22H2,1-3H3. The molecule has 1 N–H and O–H groups in total. The van der Waals surface area contributed by atoms with Crippen molar-refractivity contribution in [3.05, 3.63) is 93.2 Å². The monoisotopic (exact) mass is 609 g/mol. The molecular weight excluding hydrogens is 569 g/mol. The Morgan fingerprint density at radius 2 is 1.75 bits per heavy atom. The maximum atomic E-state index is 14.7. The minimum absolute atomic E-state index is 0.139. The number of nitrogens with one attached hydrogen (secondary N) is 1. The second-order valence-corrected chi connectivity index (χ2v) is 12.8. The molecule has 214 valence electrons. The molecule has 2 atom stereocenters. The van der Waals surface area contributed by atoms with E-state index >= 15 is 0 Å². The van der Waals surface area contributed by atoms with Crippen LogP contribution in [0.5, 0.6) is 5.75 Å². The summed E-state index contributed by atoms with van der Waals surface area (Å²) in [7, 11) is 0. The average molecular weight is 611 g/mol. The number of ether oxygens (including phenoxy) is 3. The minimum atomic E-state index is -0.662. The van der Waals surface area contributed by atoms with Crippen LogP contribution in [0.2, 0.25) is 0 Å². The van der Waals surface area contributed by atoms with Gasteiger partial charge in [0.25, 0.3) is 0 Å². The van der Waals surface area contributed by atoms with Crippen molar-refractivity contribution in [2.24, 2.45) is 5.92 Å². The van der Waals surface area contributed by atoms with Crippen LogP contribution in [-0.4, -0.2) is 18.3 Å². The van der Waals surface area contributed by atoms with Crippen LogP contribution in [-0.2, 0) is 22.6 Å². The van der Waals surface area contributed by atoms with Gasteiger partial charge in [-0.15, -0.1) is 0 Å². The van der Waals surface area contributed by atoms with Crippen LogP contribution < -0.4 is 10.1 Å². The Hall–Kier alpha value is -2.41. The molecule has 3 aromatic carbocycles. The van der Waals surface area contributed by atoms with Gasteiger partial charge in [-0.3, -0.25) is 0 Å². The smallest absolute Gasteiger partial charge is 0.132 e. The second kappa shape index (κ2) is 13.1. The minimum Gasteiger partial charge on any atom is -0.485 e. The van der Waals surface area contributed by atoms with E-state index in [9.17, 15) is 4.39 Å². The summed E-state index contributed by atoms with van der Waals surface area (Å²) in [4.78, 5) is 0. The molecule has 2 unspecified atom stereocenters. The van der Waals surface area contributed by atoms with Gasteiger partial charge in [-0.25, -0.2) is 4.39 Å². The van der Waals surface area contributed by atoms with Gasteiger partial charge in [0.15, 0.2) is 0 Å². The molecule has 0 bridgehead atoms. The van der Waals surface area contributed by atoms with Crippen molar-refractivity contribution in [2.45, 2.75) is 90.3 Å². The van der Waals surface area contributed by atoms with E-state index in [1.165, 1.54) is 49.3 Å². The van der Waals surface area contributed by atoms with Crippen LogP contribution >= 0.6 is 15.9 Å². The van der Waals surface area contributed by atoms with E-state index in [2.05, 4.69) is 64.6 Å². The molecule has 0 spiro atoms. The van der Waals surface area contributed by atoms with Crippen LogP contribution in [0.3, 0.4) is 0 Å². The number of fused-ring (bicyclic) bond motifs is 1. The zero-order valence-corrected chi connectivity index (χ0v) is 25.4. The van der Waals surface area contributed by atoms with Crippen molar-refractivity contribution < 1.29 is 18.6 Å².